The van der Waals surface area contributed by atoms with E-state index in [1.54, 1.807) is 0 Å². The van der Waals surface area contributed by atoms with Crippen LogP contribution >= 0.6 is 15.9 Å². The van der Waals surface area contributed by atoms with Crippen LogP contribution in [0.2, 0.25) is 0 Å². The quantitative estimate of drug-likeness (QED) is 0.831. The molecule has 1 aromatic carbocycles. The van der Waals surface area contributed by atoms with Gasteiger partial charge >= 0.3 is 0 Å². The molecule has 2 atom stereocenters. The van der Waals surface area contributed by atoms with Gasteiger partial charge in [0.15, 0.2) is 0 Å². The Morgan fingerprint density at radius 3 is 2.75 bits per heavy atom. The van der Waals surface area contributed by atoms with E-state index in [-0.39, 0.29) is 12.1 Å². The largest absolute Gasteiger partial charge is 0.329 e. The van der Waals surface area contributed by atoms with Gasteiger partial charge in [0.25, 0.3) is 0 Å². The van der Waals surface area contributed by atoms with Gasteiger partial charge < -0.3 is 5.73 Å². The predicted octanol–water partition coefficient (Wildman–Crippen LogP) is 2.37. The monoisotopic (exact) mass is 280 g/mol. The summed E-state index contributed by atoms with van der Waals surface area (Å²) < 4.78 is 1.07. The van der Waals surface area contributed by atoms with Crippen molar-refractivity contribution in [1.29, 1.82) is 0 Å². The smallest absolute Gasteiger partial charge is 0.0663 e. The molecule has 0 spiro atoms. The molecule has 0 aliphatic rings. The third-order valence-corrected chi connectivity index (χ3v) is 3.16. The second kappa shape index (κ2) is 6.05. The minimum absolute atomic E-state index is 0.0155. The van der Waals surface area contributed by atoms with Crippen LogP contribution in [0, 0.1) is 19.3 Å². The minimum atomic E-state index is 0.0155. The van der Waals surface area contributed by atoms with Gasteiger partial charge in [-0.1, -0.05) is 34.0 Å². The second-order valence-corrected chi connectivity index (χ2v) is 4.72. The molecule has 16 heavy (non-hydrogen) atoms. The summed E-state index contributed by atoms with van der Waals surface area (Å²) in [6.45, 7) is 4.53. The summed E-state index contributed by atoms with van der Waals surface area (Å²) in [6.07, 6.45) is 5.35. The number of hydrogen-bond acceptors (Lipinski definition) is 2. The number of hydrogen-bond donors (Lipinski definition) is 2. The van der Waals surface area contributed by atoms with Crippen molar-refractivity contribution in [2.24, 2.45) is 5.73 Å². The topological polar surface area (TPSA) is 38.0 Å². The summed E-state index contributed by atoms with van der Waals surface area (Å²) in [7, 11) is 0. The van der Waals surface area contributed by atoms with Gasteiger partial charge in [0.2, 0.25) is 0 Å². The zero-order valence-electron chi connectivity index (χ0n) is 9.63. The molecule has 0 saturated carbocycles. The molecule has 0 saturated heterocycles. The van der Waals surface area contributed by atoms with Gasteiger partial charge in [-0.05, 0) is 31.0 Å². The molecule has 0 amide bonds. The van der Waals surface area contributed by atoms with Crippen LogP contribution in [0.25, 0.3) is 0 Å². The predicted molar refractivity (Wildman–Crippen MR) is 72.1 cm³/mol. The number of halogens is 1. The maximum absolute atomic E-state index is 5.76. The third-order valence-electron chi connectivity index (χ3n) is 2.47. The van der Waals surface area contributed by atoms with Gasteiger partial charge in [-0.15, -0.1) is 6.42 Å². The summed E-state index contributed by atoms with van der Waals surface area (Å²) in [6, 6.07) is 6.33. The minimum Gasteiger partial charge on any atom is -0.329 e. The molecule has 0 aliphatic carbocycles. The van der Waals surface area contributed by atoms with Gasteiger partial charge in [0.1, 0.15) is 0 Å². The standard InChI is InChI=1S/C13H17BrN2/c1-4-10(3)16-13(8-15)11-6-5-9(2)7-12(11)14/h1,5-7,10,13,16H,8,15H2,2-3H3. The highest BCUT2D eigenvalue weighted by molar-refractivity contribution is 9.10. The number of nitrogens with two attached hydrogens (primary N) is 1. The van der Waals surface area contributed by atoms with E-state index in [4.69, 9.17) is 12.2 Å². The van der Waals surface area contributed by atoms with Crippen molar-refractivity contribution in [3.8, 4) is 12.3 Å². The third kappa shape index (κ3) is 3.34. The zero-order valence-corrected chi connectivity index (χ0v) is 11.2. The molecule has 0 aliphatic heterocycles. The molecule has 0 radical (unpaired) electrons. The fourth-order valence-corrected chi connectivity index (χ4v) is 2.32. The molecule has 3 N–H and O–H groups in total. The van der Waals surface area contributed by atoms with Gasteiger partial charge in [0.05, 0.1) is 6.04 Å². The number of nitrogens with one attached hydrogen (secondary N) is 1. The molecule has 2 unspecified atom stereocenters. The molecule has 0 bridgehead atoms. The van der Waals surface area contributed by atoms with E-state index < -0.39 is 0 Å². The van der Waals surface area contributed by atoms with Crippen LogP contribution in [0.5, 0.6) is 0 Å². The first kappa shape index (κ1) is 13.2. The lowest BCUT2D eigenvalue weighted by atomic mass is 10.0. The molecule has 2 nitrogen and oxygen atoms in total. The number of aryl methyl sites for hydroxylation is 1. The van der Waals surface area contributed by atoms with Crippen LogP contribution in [0.4, 0.5) is 0 Å². The number of benzene rings is 1. The summed E-state index contributed by atoms with van der Waals surface area (Å²) >= 11 is 3.55. The normalized spacial score (nSPS) is 14.2. The van der Waals surface area contributed by atoms with Crippen molar-refractivity contribution < 1.29 is 0 Å². The van der Waals surface area contributed by atoms with E-state index in [1.807, 2.05) is 6.92 Å². The van der Waals surface area contributed by atoms with Crippen molar-refractivity contribution in [2.75, 3.05) is 6.54 Å². The first-order valence-electron chi connectivity index (χ1n) is 5.26. The fourth-order valence-electron chi connectivity index (χ4n) is 1.55. The summed E-state index contributed by atoms with van der Waals surface area (Å²) in [5.74, 6) is 2.65. The molecule has 3 heteroatoms. The molecular weight excluding hydrogens is 264 g/mol. The van der Waals surface area contributed by atoms with E-state index in [9.17, 15) is 0 Å². The van der Waals surface area contributed by atoms with Crippen LogP contribution < -0.4 is 11.1 Å². The first-order valence-corrected chi connectivity index (χ1v) is 6.06. The Balaban J connectivity index is 2.91. The maximum atomic E-state index is 5.76. The van der Waals surface area contributed by atoms with E-state index in [2.05, 4.69) is 52.3 Å². The number of terminal acetylenes is 1. The molecular formula is C13H17BrN2. The Bertz CT molecular complexity index is 395. The summed E-state index contributed by atoms with van der Waals surface area (Å²) in [5, 5.41) is 3.30. The lowest BCUT2D eigenvalue weighted by Crippen LogP contribution is -2.34. The van der Waals surface area contributed by atoms with Gasteiger partial charge in [-0.25, -0.2) is 0 Å². The highest BCUT2D eigenvalue weighted by Gasteiger charge is 2.14. The molecule has 1 aromatic rings. The molecule has 86 valence electrons. The van der Waals surface area contributed by atoms with E-state index in [0.29, 0.717) is 6.54 Å². The highest BCUT2D eigenvalue weighted by atomic mass is 79.9. The second-order valence-electron chi connectivity index (χ2n) is 3.87. The average Bonchev–Trinajstić information content (AvgIpc) is 2.26. The lowest BCUT2D eigenvalue weighted by Gasteiger charge is -2.21. The van der Waals surface area contributed by atoms with Crippen LogP contribution in [-0.2, 0) is 0 Å². The van der Waals surface area contributed by atoms with E-state index in [1.165, 1.54) is 5.56 Å². The summed E-state index contributed by atoms with van der Waals surface area (Å²) in [5.41, 5.74) is 8.13. The van der Waals surface area contributed by atoms with E-state index >= 15 is 0 Å². The lowest BCUT2D eigenvalue weighted by molar-refractivity contribution is 0.516. The number of rotatable bonds is 4. The molecule has 0 fully saturated rings. The van der Waals surface area contributed by atoms with Crippen LogP contribution in [0.15, 0.2) is 22.7 Å². The van der Waals surface area contributed by atoms with Crippen LogP contribution in [0.3, 0.4) is 0 Å². The van der Waals surface area contributed by atoms with Crippen LogP contribution in [-0.4, -0.2) is 12.6 Å². The highest BCUT2D eigenvalue weighted by Crippen LogP contribution is 2.24. The molecule has 1 rings (SSSR count). The van der Waals surface area contributed by atoms with Crippen molar-refractivity contribution in [3.63, 3.8) is 0 Å². The van der Waals surface area contributed by atoms with Crippen molar-refractivity contribution >= 4 is 15.9 Å². The van der Waals surface area contributed by atoms with Gasteiger partial charge in [0, 0.05) is 17.1 Å². The van der Waals surface area contributed by atoms with Crippen molar-refractivity contribution in [3.05, 3.63) is 33.8 Å². The Morgan fingerprint density at radius 2 is 2.25 bits per heavy atom. The Labute approximate surface area is 106 Å². The maximum Gasteiger partial charge on any atom is 0.0663 e. The van der Waals surface area contributed by atoms with Crippen LogP contribution in [0.1, 0.15) is 24.1 Å². The van der Waals surface area contributed by atoms with E-state index in [0.717, 1.165) is 10.0 Å². The SMILES string of the molecule is C#CC(C)NC(CN)c1ccc(C)cc1Br. The summed E-state index contributed by atoms with van der Waals surface area (Å²) in [4.78, 5) is 0. The molecule has 0 heterocycles. The Hall–Kier alpha value is -0.820. The van der Waals surface area contributed by atoms with Gasteiger partial charge in [-0.3, -0.25) is 5.32 Å². The molecule has 0 aromatic heterocycles. The Kier molecular flexibility index (Phi) is 5.01. The van der Waals surface area contributed by atoms with Crippen molar-refractivity contribution in [1.82, 2.24) is 5.32 Å². The first-order chi connectivity index (χ1) is 7.58. The Morgan fingerprint density at radius 1 is 1.56 bits per heavy atom. The zero-order chi connectivity index (χ0) is 12.1. The average molecular weight is 281 g/mol. The van der Waals surface area contributed by atoms with Gasteiger partial charge in [-0.2, -0.15) is 0 Å². The fraction of sp³-hybridized carbons (Fsp3) is 0.385. The van der Waals surface area contributed by atoms with Crippen molar-refractivity contribution in [2.45, 2.75) is 25.9 Å².